The summed E-state index contributed by atoms with van der Waals surface area (Å²) in [5.74, 6) is -0.0882. The van der Waals surface area contributed by atoms with Crippen LogP contribution >= 0.6 is 11.6 Å². The van der Waals surface area contributed by atoms with Gasteiger partial charge >= 0.3 is 0 Å². The number of hydrogen-bond donors (Lipinski definition) is 1. The van der Waals surface area contributed by atoms with Crippen LogP contribution < -0.4 is 4.72 Å². The maximum atomic E-state index is 12.0. The summed E-state index contributed by atoms with van der Waals surface area (Å²) >= 11 is 5.60. The van der Waals surface area contributed by atoms with Gasteiger partial charge in [-0.15, -0.1) is 11.6 Å². The van der Waals surface area contributed by atoms with E-state index in [0.29, 0.717) is 0 Å². The molecule has 0 aromatic heterocycles. The average Bonchev–Trinajstić information content (AvgIpc) is 2.37. The van der Waals surface area contributed by atoms with Gasteiger partial charge in [-0.3, -0.25) is 4.72 Å². The standard InChI is InChI=1S/C12H19ClN2O4S2/c1-10(8-13)9-20(16,17)14-11-5-4-6-12(7-11)21(18,19)15(2)3/h4-7,10,14H,8-9H2,1-3H3. The molecule has 1 aromatic carbocycles. The number of sulfonamides is 2. The zero-order valence-corrected chi connectivity index (χ0v) is 14.5. The fourth-order valence-corrected chi connectivity index (χ4v) is 4.19. The van der Waals surface area contributed by atoms with Crippen LogP contribution in [-0.4, -0.2) is 46.9 Å². The van der Waals surface area contributed by atoms with Crippen molar-refractivity contribution in [2.24, 2.45) is 5.92 Å². The minimum absolute atomic E-state index is 0.0260. The van der Waals surface area contributed by atoms with Gasteiger partial charge < -0.3 is 0 Å². The van der Waals surface area contributed by atoms with E-state index < -0.39 is 20.0 Å². The molecule has 0 saturated carbocycles. The third kappa shape index (κ3) is 5.14. The van der Waals surface area contributed by atoms with Crippen molar-refractivity contribution in [3.63, 3.8) is 0 Å². The van der Waals surface area contributed by atoms with Crippen molar-refractivity contribution < 1.29 is 16.8 Å². The Balaban J connectivity index is 3.02. The normalized spacial score (nSPS) is 14.1. The Labute approximate surface area is 131 Å². The second-order valence-electron chi connectivity index (χ2n) is 4.96. The van der Waals surface area contributed by atoms with E-state index in [1.54, 1.807) is 6.92 Å². The molecule has 0 fully saturated rings. The predicted molar refractivity (Wildman–Crippen MR) is 84.6 cm³/mol. The number of nitrogens with zero attached hydrogens (tertiary/aromatic N) is 1. The Hall–Kier alpha value is -0.830. The SMILES string of the molecule is CC(CCl)CS(=O)(=O)Nc1cccc(S(=O)(=O)N(C)C)c1. The molecule has 120 valence electrons. The first kappa shape index (κ1) is 18.2. The molecule has 1 unspecified atom stereocenters. The van der Waals surface area contributed by atoms with Crippen LogP contribution in [0, 0.1) is 5.92 Å². The maximum absolute atomic E-state index is 12.0. The van der Waals surface area contributed by atoms with Crippen molar-refractivity contribution in [2.45, 2.75) is 11.8 Å². The number of benzene rings is 1. The molecule has 0 saturated heterocycles. The van der Waals surface area contributed by atoms with Crippen LogP contribution in [0.3, 0.4) is 0 Å². The summed E-state index contributed by atoms with van der Waals surface area (Å²) in [6.07, 6.45) is 0. The third-order valence-electron chi connectivity index (χ3n) is 2.65. The lowest BCUT2D eigenvalue weighted by Crippen LogP contribution is -2.23. The van der Waals surface area contributed by atoms with Crippen LogP contribution in [0.2, 0.25) is 0 Å². The fourth-order valence-electron chi connectivity index (χ4n) is 1.57. The third-order valence-corrected chi connectivity index (χ3v) is 6.55. The Morgan fingerprint density at radius 2 is 1.86 bits per heavy atom. The van der Waals surface area contributed by atoms with E-state index in [0.717, 1.165) is 4.31 Å². The van der Waals surface area contributed by atoms with E-state index >= 15 is 0 Å². The minimum atomic E-state index is -3.61. The molecule has 0 spiro atoms. The van der Waals surface area contributed by atoms with Crippen molar-refractivity contribution in [1.29, 1.82) is 0 Å². The van der Waals surface area contributed by atoms with E-state index in [9.17, 15) is 16.8 Å². The summed E-state index contributed by atoms with van der Waals surface area (Å²) in [4.78, 5) is 0.0260. The number of hydrogen-bond acceptors (Lipinski definition) is 4. The maximum Gasteiger partial charge on any atom is 0.242 e. The molecule has 0 bridgehead atoms. The lowest BCUT2D eigenvalue weighted by Gasteiger charge is -2.14. The van der Waals surface area contributed by atoms with Crippen molar-refractivity contribution >= 4 is 37.3 Å². The molecule has 9 heteroatoms. The number of alkyl halides is 1. The summed E-state index contributed by atoms with van der Waals surface area (Å²) in [5, 5.41) is 0. The van der Waals surface area contributed by atoms with Gasteiger partial charge in [0, 0.05) is 25.7 Å². The molecule has 0 heterocycles. The van der Waals surface area contributed by atoms with Crippen molar-refractivity contribution in [3.8, 4) is 0 Å². The highest BCUT2D eigenvalue weighted by Crippen LogP contribution is 2.19. The van der Waals surface area contributed by atoms with Crippen molar-refractivity contribution in [1.82, 2.24) is 4.31 Å². The van der Waals surface area contributed by atoms with Crippen molar-refractivity contribution in [3.05, 3.63) is 24.3 Å². The topological polar surface area (TPSA) is 83.5 Å². The summed E-state index contributed by atoms with van der Waals surface area (Å²) in [7, 11) is -4.35. The predicted octanol–water partition coefficient (Wildman–Crippen LogP) is 1.55. The number of anilines is 1. The molecular weight excluding hydrogens is 336 g/mol. The van der Waals surface area contributed by atoms with Crippen LogP contribution in [0.5, 0.6) is 0 Å². The number of nitrogens with one attached hydrogen (secondary N) is 1. The number of halogens is 1. The second-order valence-corrected chi connectivity index (χ2v) is 9.19. The molecule has 0 aliphatic carbocycles. The van der Waals surface area contributed by atoms with Gasteiger partial charge in [-0.2, -0.15) is 0 Å². The highest BCUT2D eigenvalue weighted by molar-refractivity contribution is 7.92. The number of rotatable bonds is 7. The van der Waals surface area contributed by atoms with Crippen LogP contribution in [0.15, 0.2) is 29.2 Å². The zero-order chi connectivity index (χ0) is 16.3. The van der Waals surface area contributed by atoms with Gasteiger partial charge in [-0.05, 0) is 24.1 Å². The summed E-state index contributed by atoms with van der Waals surface area (Å²) in [5.41, 5.74) is 0.208. The average molecular weight is 355 g/mol. The first-order chi connectivity index (χ1) is 9.58. The molecular formula is C12H19ClN2O4S2. The highest BCUT2D eigenvalue weighted by atomic mass is 35.5. The van der Waals surface area contributed by atoms with Crippen molar-refractivity contribution in [2.75, 3.05) is 30.5 Å². The molecule has 6 nitrogen and oxygen atoms in total. The molecule has 1 N–H and O–H groups in total. The molecule has 1 atom stereocenters. The summed E-state index contributed by atoms with van der Waals surface area (Å²) in [6.45, 7) is 1.72. The Morgan fingerprint density at radius 1 is 1.24 bits per heavy atom. The first-order valence-corrected chi connectivity index (χ1v) is 9.80. The van der Waals surface area contributed by atoms with Gasteiger partial charge in [0.25, 0.3) is 0 Å². The van der Waals surface area contributed by atoms with Crippen LogP contribution in [0.25, 0.3) is 0 Å². The van der Waals surface area contributed by atoms with Crippen LogP contribution in [0.1, 0.15) is 6.92 Å². The van der Waals surface area contributed by atoms with E-state index in [-0.39, 0.29) is 28.1 Å². The van der Waals surface area contributed by atoms with E-state index in [4.69, 9.17) is 11.6 Å². The lowest BCUT2D eigenvalue weighted by molar-refractivity contribution is 0.520. The van der Waals surface area contributed by atoms with Gasteiger partial charge in [-0.1, -0.05) is 13.0 Å². The lowest BCUT2D eigenvalue weighted by atomic mass is 10.3. The second kappa shape index (κ2) is 6.95. The van der Waals surface area contributed by atoms with E-state index in [1.807, 2.05) is 0 Å². The Bertz CT molecular complexity index is 687. The molecule has 0 amide bonds. The fraction of sp³-hybridized carbons (Fsp3) is 0.500. The monoisotopic (exact) mass is 354 g/mol. The zero-order valence-electron chi connectivity index (χ0n) is 12.1. The molecule has 21 heavy (non-hydrogen) atoms. The molecule has 1 aromatic rings. The van der Waals surface area contributed by atoms with Gasteiger partial charge in [-0.25, -0.2) is 21.1 Å². The first-order valence-electron chi connectivity index (χ1n) is 6.17. The Morgan fingerprint density at radius 3 is 2.38 bits per heavy atom. The smallest absolute Gasteiger partial charge is 0.242 e. The summed E-state index contributed by atoms with van der Waals surface area (Å²) in [6, 6.07) is 5.68. The van der Waals surface area contributed by atoms with E-state index in [1.165, 1.54) is 38.4 Å². The molecule has 1 rings (SSSR count). The quantitative estimate of drug-likeness (QED) is 0.753. The van der Waals surface area contributed by atoms with Crippen LogP contribution in [0.4, 0.5) is 5.69 Å². The van der Waals surface area contributed by atoms with Gasteiger partial charge in [0.2, 0.25) is 20.0 Å². The molecule has 0 radical (unpaired) electrons. The Kier molecular flexibility index (Phi) is 6.03. The van der Waals surface area contributed by atoms with E-state index in [2.05, 4.69) is 4.72 Å². The van der Waals surface area contributed by atoms with Crippen LogP contribution in [-0.2, 0) is 20.0 Å². The highest BCUT2D eigenvalue weighted by Gasteiger charge is 2.19. The van der Waals surface area contributed by atoms with Gasteiger partial charge in [0.1, 0.15) is 0 Å². The summed E-state index contributed by atoms with van der Waals surface area (Å²) < 4.78 is 51.3. The minimum Gasteiger partial charge on any atom is -0.284 e. The largest absolute Gasteiger partial charge is 0.284 e. The van der Waals surface area contributed by atoms with Gasteiger partial charge in [0.15, 0.2) is 0 Å². The molecule has 0 aliphatic heterocycles. The van der Waals surface area contributed by atoms with Gasteiger partial charge in [0.05, 0.1) is 10.6 Å². The molecule has 0 aliphatic rings.